The molecule has 12 fully saturated rings. The SMILES string of the molecule is C[C@H](CC[C@@]1(O)O[C@H]2C[C@H]3[C@@H]4C[C@H](O)[C@H]5C[C@@H](O[C@@H]6O[C@H](CO)[C@H](O[C@@H]7O[C@H](CO)[C@@H](O)[C@H](O[C@@H]8O[C@H](CO)[C@@H](O[C@@H]9O[C@@H](C)[C@H](O)[C@@H](O)[C@H]9O)[C@H](O)[C@H]8O)[C@H]7O[C@@H]7O[C@H](CO)[C@@H](O[C@@H]8O[C@H](CO)[C@@H](O)[C@H](O)[C@H]8O)[C@H](O)[C@H]7O)[C@H](O)[C@H]6O)CC[C@]5(C)[C@H]4CC[C@]3(C)[C@H]2[C@@H]1C)CO[C@@H]1O[C@H](CO)[C@@H](O)[C@H](O)[C@H]1O. The van der Waals surface area contributed by atoms with Gasteiger partial charge >= 0.3 is 0 Å². The lowest BCUT2D eigenvalue weighted by molar-refractivity contribution is -0.414. The predicted molar refractivity (Wildman–Crippen MR) is 349 cm³/mol. The summed E-state index contributed by atoms with van der Waals surface area (Å²) in [7, 11) is 0. The maximum absolute atomic E-state index is 12.4. The maximum Gasteiger partial charge on any atom is 0.187 e. The second-order valence-corrected chi connectivity index (χ2v) is 32.8. The summed E-state index contributed by atoms with van der Waals surface area (Å²) in [6, 6.07) is 0. The molecule has 8 saturated heterocycles. The number of ether oxygens (including phenoxy) is 15. The number of aliphatic hydroxyl groups is 24. The van der Waals surface area contributed by atoms with Gasteiger partial charge in [-0.05, 0) is 105 Å². The summed E-state index contributed by atoms with van der Waals surface area (Å²) in [5, 5.41) is 265. The van der Waals surface area contributed by atoms with Crippen molar-refractivity contribution >= 4 is 0 Å². The van der Waals surface area contributed by atoms with Crippen LogP contribution >= 0.6 is 0 Å². The topological polar surface area (TPSA) is 624 Å². The second kappa shape index (κ2) is 34.6. The summed E-state index contributed by atoms with van der Waals surface area (Å²) >= 11 is 0. The molecule has 4 saturated carbocycles. The van der Waals surface area contributed by atoms with Gasteiger partial charge in [-0.3, -0.25) is 0 Å². The summed E-state index contributed by atoms with van der Waals surface area (Å²) in [5.74, 6) is -1.71. The van der Waals surface area contributed by atoms with E-state index in [0.717, 1.165) is 12.8 Å². The Balaban J connectivity index is 0.718. The van der Waals surface area contributed by atoms with Crippen molar-refractivity contribution in [2.75, 3.05) is 46.2 Å². The molecule has 0 amide bonds. The van der Waals surface area contributed by atoms with Gasteiger partial charge in [0, 0.05) is 12.3 Å². The minimum atomic E-state index is -2.33. The Labute approximate surface area is 621 Å². The van der Waals surface area contributed by atoms with Crippen LogP contribution in [0.5, 0.6) is 0 Å². The molecule has 39 heteroatoms. The Morgan fingerprint density at radius 1 is 0.380 bits per heavy atom. The first-order valence-corrected chi connectivity index (χ1v) is 37.9. The highest BCUT2D eigenvalue weighted by Crippen LogP contribution is 2.71. The first-order valence-electron chi connectivity index (χ1n) is 37.9. The monoisotopic (exact) mass is 1570 g/mol. The van der Waals surface area contributed by atoms with Crippen molar-refractivity contribution < 1.29 is 194 Å². The second-order valence-electron chi connectivity index (χ2n) is 32.8. The number of fused-ring (bicyclic) bond motifs is 7. The molecule has 626 valence electrons. The normalized spacial score (nSPS) is 55.8. The van der Waals surface area contributed by atoms with E-state index in [9.17, 15) is 123 Å². The van der Waals surface area contributed by atoms with Crippen molar-refractivity contribution in [1.29, 1.82) is 0 Å². The Bertz CT molecular complexity index is 2860. The molecule has 0 aromatic carbocycles. The molecule has 48 atom stereocenters. The highest BCUT2D eigenvalue weighted by Gasteiger charge is 2.70. The van der Waals surface area contributed by atoms with Crippen LogP contribution in [0.1, 0.15) is 92.4 Å². The minimum Gasteiger partial charge on any atom is -0.394 e. The molecule has 0 bridgehead atoms. The van der Waals surface area contributed by atoms with Crippen molar-refractivity contribution in [2.24, 2.45) is 52.3 Å². The Kier molecular flexibility index (Phi) is 27.5. The largest absolute Gasteiger partial charge is 0.394 e. The lowest BCUT2D eigenvalue weighted by Crippen LogP contribution is -2.69. The van der Waals surface area contributed by atoms with Gasteiger partial charge in [0.2, 0.25) is 0 Å². The number of hydrogen-bond donors (Lipinski definition) is 24. The van der Waals surface area contributed by atoms with Crippen molar-refractivity contribution in [3.8, 4) is 0 Å². The van der Waals surface area contributed by atoms with Crippen molar-refractivity contribution in [3.05, 3.63) is 0 Å². The molecule has 8 heterocycles. The molecule has 4 aliphatic carbocycles. The predicted octanol–water partition coefficient (Wildman–Crippen LogP) is -10.5. The molecular weight excluding hydrogens is 1450 g/mol. The van der Waals surface area contributed by atoms with E-state index >= 15 is 0 Å². The molecule has 24 N–H and O–H groups in total. The van der Waals surface area contributed by atoms with E-state index in [0.29, 0.717) is 44.9 Å². The third kappa shape index (κ3) is 16.0. The zero-order chi connectivity index (χ0) is 78.4. The van der Waals surface area contributed by atoms with Crippen LogP contribution in [0.4, 0.5) is 0 Å². The number of hydrogen-bond acceptors (Lipinski definition) is 39. The van der Waals surface area contributed by atoms with Crippen molar-refractivity contribution in [3.63, 3.8) is 0 Å². The van der Waals surface area contributed by atoms with Crippen LogP contribution in [0.15, 0.2) is 0 Å². The molecule has 8 aliphatic heterocycles. The van der Waals surface area contributed by atoms with E-state index in [1.807, 2.05) is 13.8 Å². The third-order valence-corrected chi connectivity index (χ3v) is 26.4. The average molecular weight is 1570 g/mol. The van der Waals surface area contributed by atoms with Gasteiger partial charge in [0.05, 0.1) is 70.7 Å². The van der Waals surface area contributed by atoms with E-state index < -0.39 is 273 Å². The van der Waals surface area contributed by atoms with Gasteiger partial charge in [-0.2, -0.15) is 0 Å². The van der Waals surface area contributed by atoms with Gasteiger partial charge in [-0.15, -0.1) is 0 Å². The standard InChI is InChI=1S/C69H116O39/c1-22(21-94-60-49(87)44(82)40(78)32(15-70)97-60)6-11-69(93)23(2)38-31(108-69)14-28-26-13-30(76)29-12-25(7-9-67(29,4)27(26)8-10-68(28,38)5)96-62-52(90)46(84)57(37(20-75)100-62)105-66-59(107-65-54(92)48(86)56(36(19-74)102-65)104-63-51(89)45(83)41(79)33(16-71)98-63)58(42(80)34(17-72)99-66)106-64-53(91)47(85)55(35(18-73)101-64)103-61-50(88)43(81)39(77)24(3)95-61/h22-66,70-93H,6-21H2,1-5H3/t22-,23+,24+,25+,26-,27+,28+,29-,30+,31+,32-,33-,34-,35-,36-,37-,38+,39+,40-,41-,42-,43-,44+,45+,46-,47-,48-,49-,50-,51-,52-,53-,54-,55-,56-,57+,58+,59-,60-,61+,62-,63+,64+,65+,66+,67-,68+,69-/m1/s1. The lowest BCUT2D eigenvalue weighted by atomic mass is 9.43. The van der Waals surface area contributed by atoms with Crippen molar-refractivity contribution in [1.82, 2.24) is 0 Å². The van der Waals surface area contributed by atoms with E-state index in [-0.39, 0.29) is 65.0 Å². The summed E-state index contributed by atoms with van der Waals surface area (Å²) in [6.45, 7) is 4.18. The van der Waals surface area contributed by atoms with Gasteiger partial charge in [-0.1, -0.05) is 27.7 Å². The van der Waals surface area contributed by atoms with Gasteiger partial charge in [-0.25, -0.2) is 0 Å². The Hall–Kier alpha value is -1.56. The van der Waals surface area contributed by atoms with Crippen LogP contribution in [-0.2, 0) is 71.1 Å². The van der Waals surface area contributed by atoms with E-state index in [4.69, 9.17) is 71.1 Å². The highest BCUT2D eigenvalue weighted by atomic mass is 16.8. The first-order chi connectivity index (χ1) is 51.1. The molecule has 0 radical (unpaired) electrons. The van der Waals surface area contributed by atoms with E-state index in [1.165, 1.54) is 6.92 Å². The first kappa shape index (κ1) is 85.8. The van der Waals surface area contributed by atoms with Gasteiger partial charge in [0.1, 0.15) is 165 Å². The van der Waals surface area contributed by atoms with Gasteiger partial charge in [0.15, 0.2) is 49.8 Å². The summed E-state index contributed by atoms with van der Waals surface area (Å²) < 4.78 is 89.8. The fraction of sp³-hybridized carbons (Fsp3) is 1.00. The van der Waals surface area contributed by atoms with Crippen molar-refractivity contribution in [2.45, 2.75) is 331 Å². The fourth-order valence-electron chi connectivity index (χ4n) is 20.1. The summed E-state index contributed by atoms with van der Waals surface area (Å²) in [4.78, 5) is 0. The van der Waals surface area contributed by atoms with Crippen LogP contribution in [0, 0.1) is 52.3 Å². The molecule has 0 unspecified atom stereocenters. The summed E-state index contributed by atoms with van der Waals surface area (Å²) in [6.07, 6.45) is -61.9. The quantitative estimate of drug-likeness (QED) is 0.0399. The smallest absolute Gasteiger partial charge is 0.187 e. The third-order valence-electron chi connectivity index (χ3n) is 26.4. The Morgan fingerprint density at radius 2 is 0.787 bits per heavy atom. The van der Waals surface area contributed by atoms with E-state index in [2.05, 4.69) is 13.8 Å². The molecule has 12 aliphatic rings. The number of aliphatic hydroxyl groups excluding tert-OH is 23. The number of rotatable bonds is 24. The molecule has 0 spiro atoms. The molecule has 0 aromatic heterocycles. The zero-order valence-corrected chi connectivity index (χ0v) is 60.7. The molecular formula is C69H116O39. The lowest BCUT2D eigenvalue weighted by Gasteiger charge is -2.62. The molecule has 39 nitrogen and oxygen atoms in total. The van der Waals surface area contributed by atoms with Crippen LogP contribution in [0.3, 0.4) is 0 Å². The van der Waals surface area contributed by atoms with Gasteiger partial charge < -0.3 is 194 Å². The van der Waals surface area contributed by atoms with Crippen LogP contribution < -0.4 is 0 Å². The highest BCUT2D eigenvalue weighted by molar-refractivity contribution is 5.16. The zero-order valence-electron chi connectivity index (χ0n) is 60.7. The van der Waals surface area contributed by atoms with E-state index in [1.54, 1.807) is 0 Å². The van der Waals surface area contributed by atoms with Gasteiger partial charge in [0.25, 0.3) is 0 Å². The maximum atomic E-state index is 12.4. The average Bonchev–Trinajstić information content (AvgIpc) is 1.45. The minimum absolute atomic E-state index is 0.00798. The molecule has 108 heavy (non-hydrogen) atoms. The molecule has 12 rings (SSSR count). The van der Waals surface area contributed by atoms with Crippen LogP contribution in [0.2, 0.25) is 0 Å². The molecule has 0 aromatic rings. The van der Waals surface area contributed by atoms with Crippen LogP contribution in [0.25, 0.3) is 0 Å². The van der Waals surface area contributed by atoms with Crippen LogP contribution in [-0.4, -0.2) is 408 Å². The summed E-state index contributed by atoms with van der Waals surface area (Å²) in [5.41, 5.74) is -0.624. The Morgan fingerprint density at radius 3 is 1.31 bits per heavy atom. The fourth-order valence-corrected chi connectivity index (χ4v) is 20.1.